The van der Waals surface area contributed by atoms with Crippen LogP contribution in [-0.4, -0.2) is 16.7 Å². The van der Waals surface area contributed by atoms with Crippen molar-refractivity contribution in [2.45, 2.75) is 18.0 Å². The number of halogens is 1. The number of fused-ring (bicyclic) bond motifs is 4. The molecular formula is C31H20ClN3O. The summed E-state index contributed by atoms with van der Waals surface area (Å²) in [6.45, 7) is 0. The maximum absolute atomic E-state index is 14.2. The predicted molar refractivity (Wildman–Crippen MR) is 140 cm³/mol. The normalized spacial score (nSPS) is 21.3. The molecule has 2 aliphatic heterocycles. The zero-order valence-corrected chi connectivity index (χ0v) is 19.9. The molecule has 3 atom stereocenters. The van der Waals surface area contributed by atoms with Crippen LogP contribution in [0.5, 0.6) is 0 Å². The minimum atomic E-state index is -1.50. The zero-order chi connectivity index (χ0) is 24.9. The number of benzene rings is 4. The van der Waals surface area contributed by atoms with Crippen molar-refractivity contribution in [1.29, 1.82) is 10.5 Å². The molecule has 4 nitrogen and oxygen atoms in total. The van der Waals surface area contributed by atoms with Crippen LogP contribution in [-0.2, 0) is 0 Å². The minimum absolute atomic E-state index is 0.147. The van der Waals surface area contributed by atoms with Crippen LogP contribution < -0.4 is 0 Å². The van der Waals surface area contributed by atoms with Gasteiger partial charge in [-0.3, -0.25) is 4.79 Å². The summed E-state index contributed by atoms with van der Waals surface area (Å²) in [4.78, 5) is 16.2. The summed E-state index contributed by atoms with van der Waals surface area (Å²) in [5.74, 6) is -0.839. The second-order valence-corrected chi connectivity index (χ2v) is 9.69. The van der Waals surface area contributed by atoms with E-state index in [0.717, 1.165) is 27.5 Å². The molecule has 4 aromatic carbocycles. The Bertz CT molecular complexity index is 1610. The third-order valence-electron chi connectivity index (χ3n) is 7.50. The Hall–Kier alpha value is -4.38. The fraction of sp³-hybridized carbons (Fsp3) is 0.129. The Kier molecular flexibility index (Phi) is 5.15. The van der Waals surface area contributed by atoms with Gasteiger partial charge in [-0.15, -0.1) is 0 Å². The molecule has 2 aliphatic rings. The molecule has 0 bridgehead atoms. The SMILES string of the molecule is N#CC1(C#N)C(c2cccc3ccccc23)C(C(=O)c2ccc(Cl)cc2)N2C=Cc3ccccc3C21. The van der Waals surface area contributed by atoms with E-state index in [-0.39, 0.29) is 5.78 Å². The first-order valence-electron chi connectivity index (χ1n) is 11.7. The van der Waals surface area contributed by atoms with E-state index in [1.807, 2.05) is 83.9 Å². The Balaban J connectivity index is 1.66. The number of carbonyl (C=O) groups is 1. The van der Waals surface area contributed by atoms with Crippen molar-refractivity contribution in [3.05, 3.63) is 124 Å². The third kappa shape index (κ3) is 3.09. The lowest BCUT2D eigenvalue weighted by molar-refractivity contribution is 0.0875. The van der Waals surface area contributed by atoms with Crippen LogP contribution in [0.3, 0.4) is 0 Å². The van der Waals surface area contributed by atoms with Crippen LogP contribution >= 0.6 is 11.6 Å². The quantitative estimate of drug-likeness (QED) is 0.296. The average molecular weight is 486 g/mol. The third-order valence-corrected chi connectivity index (χ3v) is 7.75. The first-order valence-corrected chi connectivity index (χ1v) is 12.1. The monoisotopic (exact) mass is 485 g/mol. The van der Waals surface area contributed by atoms with Gasteiger partial charge >= 0.3 is 0 Å². The Morgan fingerprint density at radius 2 is 1.50 bits per heavy atom. The van der Waals surface area contributed by atoms with Crippen molar-refractivity contribution >= 4 is 34.2 Å². The molecular weight excluding hydrogens is 466 g/mol. The largest absolute Gasteiger partial charge is 0.357 e. The number of carbonyl (C=O) groups excluding carboxylic acids is 1. The second-order valence-electron chi connectivity index (χ2n) is 9.25. The van der Waals surface area contributed by atoms with Crippen molar-refractivity contribution in [2.75, 3.05) is 0 Å². The Labute approximate surface area is 214 Å². The average Bonchev–Trinajstić information content (AvgIpc) is 3.23. The van der Waals surface area contributed by atoms with Gasteiger partial charge in [-0.1, -0.05) is 78.3 Å². The first kappa shape index (κ1) is 22.1. The van der Waals surface area contributed by atoms with E-state index in [4.69, 9.17) is 11.6 Å². The lowest BCUT2D eigenvalue weighted by atomic mass is 9.67. The van der Waals surface area contributed by atoms with Gasteiger partial charge in [0, 0.05) is 22.7 Å². The Morgan fingerprint density at radius 1 is 0.833 bits per heavy atom. The Morgan fingerprint density at radius 3 is 2.28 bits per heavy atom. The smallest absolute Gasteiger partial charge is 0.185 e. The van der Waals surface area contributed by atoms with Crippen LogP contribution in [0, 0.1) is 28.1 Å². The summed E-state index contributed by atoms with van der Waals surface area (Å²) >= 11 is 6.10. The van der Waals surface area contributed by atoms with E-state index in [2.05, 4.69) is 12.1 Å². The summed E-state index contributed by atoms with van der Waals surface area (Å²) in [5.41, 5.74) is 1.64. The zero-order valence-electron chi connectivity index (χ0n) is 19.2. The molecule has 2 heterocycles. The van der Waals surface area contributed by atoms with E-state index >= 15 is 0 Å². The van der Waals surface area contributed by atoms with E-state index in [0.29, 0.717) is 10.6 Å². The summed E-state index contributed by atoms with van der Waals surface area (Å²) in [6, 6.07) is 31.9. The molecule has 172 valence electrons. The van der Waals surface area contributed by atoms with Gasteiger partial charge in [0.1, 0.15) is 6.04 Å². The van der Waals surface area contributed by atoms with Gasteiger partial charge in [0.25, 0.3) is 0 Å². The van der Waals surface area contributed by atoms with E-state index in [1.165, 1.54) is 0 Å². The van der Waals surface area contributed by atoms with Crippen LogP contribution in [0.25, 0.3) is 16.8 Å². The maximum atomic E-state index is 14.2. The summed E-state index contributed by atoms with van der Waals surface area (Å²) in [7, 11) is 0. The molecule has 1 saturated heterocycles. The van der Waals surface area contributed by atoms with E-state index in [9.17, 15) is 15.3 Å². The number of hydrogen-bond acceptors (Lipinski definition) is 4. The molecule has 0 radical (unpaired) electrons. The highest BCUT2D eigenvalue weighted by Crippen LogP contribution is 2.60. The molecule has 4 aromatic rings. The van der Waals surface area contributed by atoms with E-state index in [1.54, 1.807) is 24.3 Å². The van der Waals surface area contributed by atoms with Gasteiger partial charge in [0.15, 0.2) is 11.2 Å². The molecule has 1 fully saturated rings. The van der Waals surface area contributed by atoms with Crippen LogP contribution in [0.2, 0.25) is 5.02 Å². The second kappa shape index (κ2) is 8.38. The highest BCUT2D eigenvalue weighted by molar-refractivity contribution is 6.30. The fourth-order valence-electron chi connectivity index (χ4n) is 5.94. The lowest BCUT2D eigenvalue weighted by Gasteiger charge is -2.34. The number of hydrogen-bond donors (Lipinski definition) is 0. The van der Waals surface area contributed by atoms with Gasteiger partial charge in [0.05, 0.1) is 18.2 Å². The number of ketones is 1. The lowest BCUT2D eigenvalue weighted by Crippen LogP contribution is -2.37. The first-order chi connectivity index (χ1) is 17.6. The predicted octanol–water partition coefficient (Wildman–Crippen LogP) is 6.90. The summed E-state index contributed by atoms with van der Waals surface area (Å²) in [5, 5.41) is 24.0. The molecule has 0 aliphatic carbocycles. The molecule has 5 heteroatoms. The molecule has 0 amide bonds. The fourth-order valence-corrected chi connectivity index (χ4v) is 6.07. The van der Waals surface area contributed by atoms with Gasteiger partial charge in [0.2, 0.25) is 0 Å². The van der Waals surface area contributed by atoms with Gasteiger partial charge < -0.3 is 4.90 Å². The van der Waals surface area contributed by atoms with Crippen molar-refractivity contribution in [1.82, 2.24) is 4.90 Å². The molecule has 0 N–H and O–H groups in total. The molecule has 6 rings (SSSR count). The highest BCUT2D eigenvalue weighted by Gasteiger charge is 2.64. The van der Waals surface area contributed by atoms with Crippen molar-refractivity contribution < 1.29 is 4.79 Å². The molecule has 0 aromatic heterocycles. The number of rotatable bonds is 3. The van der Waals surface area contributed by atoms with Crippen molar-refractivity contribution in [3.63, 3.8) is 0 Å². The van der Waals surface area contributed by atoms with Crippen molar-refractivity contribution in [2.24, 2.45) is 5.41 Å². The summed E-state index contributed by atoms with van der Waals surface area (Å²) < 4.78 is 0. The maximum Gasteiger partial charge on any atom is 0.185 e. The summed E-state index contributed by atoms with van der Waals surface area (Å²) in [6.07, 6.45) is 3.83. The number of Topliss-reactive ketones (excluding diaryl/α,β-unsaturated/α-hetero) is 1. The number of nitriles is 2. The minimum Gasteiger partial charge on any atom is -0.357 e. The van der Waals surface area contributed by atoms with Crippen LogP contribution in [0.15, 0.2) is 97.2 Å². The van der Waals surface area contributed by atoms with Gasteiger partial charge in [-0.25, -0.2) is 0 Å². The van der Waals surface area contributed by atoms with Gasteiger partial charge in [-0.2, -0.15) is 10.5 Å². The molecule has 3 unspecified atom stereocenters. The molecule has 0 saturated carbocycles. The highest BCUT2D eigenvalue weighted by atomic mass is 35.5. The van der Waals surface area contributed by atoms with Crippen LogP contribution in [0.4, 0.5) is 0 Å². The topological polar surface area (TPSA) is 67.9 Å². The van der Waals surface area contributed by atoms with Crippen molar-refractivity contribution in [3.8, 4) is 12.1 Å². The van der Waals surface area contributed by atoms with E-state index < -0.39 is 23.4 Å². The molecule has 36 heavy (non-hydrogen) atoms. The molecule has 0 spiro atoms. The van der Waals surface area contributed by atoms with Gasteiger partial charge in [-0.05, 0) is 57.8 Å². The number of nitrogens with zero attached hydrogens (tertiary/aromatic N) is 3. The standard InChI is InChI=1S/C31H20ClN3O/c32-23-14-12-22(13-15-23)29(36)28-27(26-11-5-8-20-6-1-3-9-24(20)26)31(18-33,19-34)30-25-10-4-2-7-21(25)16-17-35(28)30/h1-17,27-28,30H. The van der Waals surface area contributed by atoms with Crippen LogP contribution in [0.1, 0.15) is 39.0 Å².